The molecule has 1 heterocycles. The number of nitrogens with zero attached hydrogens (tertiary/aromatic N) is 1. The van der Waals surface area contributed by atoms with E-state index in [0.29, 0.717) is 6.04 Å². The van der Waals surface area contributed by atoms with E-state index < -0.39 is 0 Å². The van der Waals surface area contributed by atoms with Crippen molar-refractivity contribution in [1.82, 2.24) is 10.2 Å². The van der Waals surface area contributed by atoms with Crippen molar-refractivity contribution in [2.45, 2.75) is 46.1 Å². The van der Waals surface area contributed by atoms with Gasteiger partial charge in [-0.25, -0.2) is 0 Å². The van der Waals surface area contributed by atoms with E-state index in [4.69, 9.17) is 0 Å². The summed E-state index contributed by atoms with van der Waals surface area (Å²) in [6.45, 7) is 10.8. The highest BCUT2D eigenvalue weighted by Gasteiger charge is 2.24. The Morgan fingerprint density at radius 1 is 1.40 bits per heavy atom. The lowest BCUT2D eigenvalue weighted by Crippen LogP contribution is -2.42. The summed E-state index contributed by atoms with van der Waals surface area (Å²) in [4.78, 5) is 2.64. The number of likely N-dealkylation sites (N-methyl/N-ethyl adjacent to an activating group) is 1. The second kappa shape index (κ2) is 6.49. The van der Waals surface area contributed by atoms with Crippen molar-refractivity contribution in [2.24, 2.45) is 11.8 Å². The fraction of sp³-hybridized carbons (Fsp3) is 1.00. The molecular formula is C13H28N2. The minimum atomic E-state index is 0.672. The van der Waals surface area contributed by atoms with Gasteiger partial charge in [0.1, 0.15) is 0 Å². The van der Waals surface area contributed by atoms with Crippen LogP contribution in [0.5, 0.6) is 0 Å². The summed E-state index contributed by atoms with van der Waals surface area (Å²) in [6.07, 6.45) is 4.04. The van der Waals surface area contributed by atoms with Gasteiger partial charge in [0.25, 0.3) is 0 Å². The van der Waals surface area contributed by atoms with Crippen LogP contribution in [0.3, 0.4) is 0 Å². The molecule has 0 saturated carbocycles. The summed E-state index contributed by atoms with van der Waals surface area (Å²) in [5, 5.41) is 3.47. The molecule has 1 rings (SSSR count). The van der Waals surface area contributed by atoms with Gasteiger partial charge in [-0.3, -0.25) is 0 Å². The Labute approximate surface area is 95.4 Å². The summed E-state index contributed by atoms with van der Waals surface area (Å²) >= 11 is 0. The van der Waals surface area contributed by atoms with E-state index in [9.17, 15) is 0 Å². The van der Waals surface area contributed by atoms with Gasteiger partial charge < -0.3 is 10.2 Å². The fourth-order valence-electron chi connectivity index (χ4n) is 2.53. The summed E-state index contributed by atoms with van der Waals surface area (Å²) in [6, 6.07) is 0.672. The number of nitrogens with one attached hydrogen (secondary N) is 1. The molecule has 1 fully saturated rings. The van der Waals surface area contributed by atoms with Gasteiger partial charge in [0.05, 0.1) is 0 Å². The van der Waals surface area contributed by atoms with Crippen molar-refractivity contribution in [3.05, 3.63) is 0 Å². The summed E-state index contributed by atoms with van der Waals surface area (Å²) in [7, 11) is 2.10. The zero-order chi connectivity index (χ0) is 11.3. The maximum absolute atomic E-state index is 3.47. The third kappa shape index (κ3) is 3.76. The standard InChI is InChI=1S/C13H28N2/c1-5-11(3)13(14-4)10-15-8-7-12(6-2)9-15/h11-14H,5-10H2,1-4H3. The minimum absolute atomic E-state index is 0.672. The molecule has 2 heteroatoms. The number of hydrogen-bond acceptors (Lipinski definition) is 2. The van der Waals surface area contributed by atoms with Crippen LogP contribution in [-0.4, -0.2) is 37.6 Å². The molecular weight excluding hydrogens is 184 g/mol. The molecule has 0 amide bonds. The first kappa shape index (κ1) is 13.0. The van der Waals surface area contributed by atoms with Crippen molar-refractivity contribution >= 4 is 0 Å². The van der Waals surface area contributed by atoms with Crippen LogP contribution in [0.4, 0.5) is 0 Å². The van der Waals surface area contributed by atoms with E-state index in [1.807, 2.05) is 0 Å². The van der Waals surface area contributed by atoms with E-state index in [2.05, 4.69) is 38.0 Å². The molecule has 1 aliphatic rings. The zero-order valence-corrected chi connectivity index (χ0v) is 10.9. The average molecular weight is 212 g/mol. The molecule has 0 aromatic carbocycles. The maximum Gasteiger partial charge on any atom is 0.0217 e. The number of rotatable bonds is 6. The van der Waals surface area contributed by atoms with Crippen molar-refractivity contribution in [2.75, 3.05) is 26.7 Å². The Morgan fingerprint density at radius 3 is 2.60 bits per heavy atom. The first-order valence-electron chi connectivity index (χ1n) is 6.60. The lowest BCUT2D eigenvalue weighted by Gasteiger charge is -2.27. The molecule has 0 radical (unpaired) electrons. The van der Waals surface area contributed by atoms with Gasteiger partial charge in [-0.05, 0) is 31.8 Å². The van der Waals surface area contributed by atoms with Gasteiger partial charge in [0, 0.05) is 19.1 Å². The fourth-order valence-corrected chi connectivity index (χ4v) is 2.53. The smallest absolute Gasteiger partial charge is 0.0217 e. The van der Waals surface area contributed by atoms with Crippen LogP contribution in [-0.2, 0) is 0 Å². The third-order valence-corrected chi connectivity index (χ3v) is 4.10. The molecule has 1 aliphatic heterocycles. The van der Waals surface area contributed by atoms with Gasteiger partial charge in [0.2, 0.25) is 0 Å². The molecule has 2 nitrogen and oxygen atoms in total. The Kier molecular flexibility index (Phi) is 5.62. The monoisotopic (exact) mass is 212 g/mol. The molecule has 3 atom stereocenters. The predicted molar refractivity (Wildman–Crippen MR) is 67.1 cm³/mol. The van der Waals surface area contributed by atoms with Crippen LogP contribution < -0.4 is 5.32 Å². The van der Waals surface area contributed by atoms with Crippen LogP contribution in [0.1, 0.15) is 40.0 Å². The van der Waals surface area contributed by atoms with Crippen LogP contribution >= 0.6 is 0 Å². The normalized spacial score (nSPS) is 26.8. The maximum atomic E-state index is 3.47. The number of likely N-dealkylation sites (tertiary alicyclic amines) is 1. The van der Waals surface area contributed by atoms with Crippen molar-refractivity contribution in [3.63, 3.8) is 0 Å². The van der Waals surface area contributed by atoms with E-state index >= 15 is 0 Å². The minimum Gasteiger partial charge on any atom is -0.315 e. The predicted octanol–water partition coefficient (Wildman–Crippen LogP) is 2.35. The molecule has 3 unspecified atom stereocenters. The van der Waals surface area contributed by atoms with Crippen LogP contribution in [0, 0.1) is 11.8 Å². The second-order valence-electron chi connectivity index (χ2n) is 5.10. The highest BCUT2D eigenvalue weighted by atomic mass is 15.2. The molecule has 0 aromatic rings. The summed E-state index contributed by atoms with van der Waals surface area (Å²) < 4.78 is 0. The molecule has 0 bridgehead atoms. The van der Waals surface area contributed by atoms with E-state index in [1.165, 1.54) is 38.9 Å². The largest absolute Gasteiger partial charge is 0.315 e. The molecule has 15 heavy (non-hydrogen) atoms. The van der Waals surface area contributed by atoms with Crippen molar-refractivity contribution in [1.29, 1.82) is 0 Å². The van der Waals surface area contributed by atoms with Gasteiger partial charge in [0.15, 0.2) is 0 Å². The lowest BCUT2D eigenvalue weighted by molar-refractivity contribution is 0.245. The first-order valence-corrected chi connectivity index (χ1v) is 6.60. The molecule has 0 spiro atoms. The Morgan fingerprint density at radius 2 is 2.13 bits per heavy atom. The molecule has 90 valence electrons. The topological polar surface area (TPSA) is 15.3 Å². The first-order chi connectivity index (χ1) is 7.21. The average Bonchev–Trinajstić information content (AvgIpc) is 2.72. The Hall–Kier alpha value is -0.0800. The summed E-state index contributed by atoms with van der Waals surface area (Å²) in [5.41, 5.74) is 0. The SMILES string of the molecule is CCC1CCN(CC(NC)C(C)CC)C1. The lowest BCUT2D eigenvalue weighted by atomic mass is 9.99. The third-order valence-electron chi connectivity index (χ3n) is 4.10. The van der Waals surface area contributed by atoms with Crippen LogP contribution in [0.25, 0.3) is 0 Å². The zero-order valence-electron chi connectivity index (χ0n) is 10.9. The van der Waals surface area contributed by atoms with Crippen LogP contribution in [0.15, 0.2) is 0 Å². The highest BCUT2D eigenvalue weighted by molar-refractivity contribution is 4.81. The summed E-state index contributed by atoms with van der Waals surface area (Å²) in [5.74, 6) is 1.75. The van der Waals surface area contributed by atoms with Gasteiger partial charge in [-0.15, -0.1) is 0 Å². The molecule has 0 aromatic heterocycles. The highest BCUT2D eigenvalue weighted by Crippen LogP contribution is 2.20. The molecule has 1 N–H and O–H groups in total. The van der Waals surface area contributed by atoms with Gasteiger partial charge in [-0.1, -0.05) is 33.6 Å². The van der Waals surface area contributed by atoms with E-state index in [0.717, 1.165) is 11.8 Å². The Bertz CT molecular complexity index is 170. The van der Waals surface area contributed by atoms with Crippen molar-refractivity contribution in [3.8, 4) is 0 Å². The van der Waals surface area contributed by atoms with Crippen molar-refractivity contribution < 1.29 is 0 Å². The number of hydrogen-bond donors (Lipinski definition) is 1. The van der Waals surface area contributed by atoms with Crippen LogP contribution in [0.2, 0.25) is 0 Å². The second-order valence-corrected chi connectivity index (χ2v) is 5.10. The van der Waals surface area contributed by atoms with E-state index in [1.54, 1.807) is 0 Å². The van der Waals surface area contributed by atoms with E-state index in [-0.39, 0.29) is 0 Å². The molecule has 0 aliphatic carbocycles. The quantitative estimate of drug-likeness (QED) is 0.727. The Balaban J connectivity index is 2.33. The molecule has 1 saturated heterocycles. The van der Waals surface area contributed by atoms with Gasteiger partial charge >= 0.3 is 0 Å². The van der Waals surface area contributed by atoms with Gasteiger partial charge in [-0.2, -0.15) is 0 Å².